The molecule has 0 spiro atoms. The zero-order chi connectivity index (χ0) is 20.3. The van der Waals surface area contributed by atoms with E-state index in [-0.39, 0.29) is 6.10 Å². The minimum Gasteiger partial charge on any atom is -0.373 e. The Labute approximate surface area is 177 Å². The van der Waals surface area contributed by atoms with E-state index in [0.29, 0.717) is 12.6 Å². The van der Waals surface area contributed by atoms with Gasteiger partial charge in [-0.25, -0.2) is 4.99 Å². The van der Waals surface area contributed by atoms with Crippen molar-refractivity contribution in [3.63, 3.8) is 0 Å². The van der Waals surface area contributed by atoms with E-state index in [4.69, 9.17) is 9.73 Å². The van der Waals surface area contributed by atoms with Gasteiger partial charge in [0, 0.05) is 45.7 Å². The molecule has 0 amide bonds. The Bertz CT molecular complexity index is 881. The number of ether oxygens (including phenoxy) is 1. The van der Waals surface area contributed by atoms with Gasteiger partial charge in [-0.1, -0.05) is 30.3 Å². The van der Waals surface area contributed by atoms with Crippen molar-refractivity contribution in [3.8, 4) is 0 Å². The van der Waals surface area contributed by atoms with Crippen molar-refractivity contribution in [2.75, 3.05) is 32.8 Å². The van der Waals surface area contributed by atoms with Gasteiger partial charge in [-0.05, 0) is 18.9 Å². The Morgan fingerprint density at radius 2 is 2.10 bits per heavy atom. The normalized spacial score (nSPS) is 24.2. The monoisotopic (exact) mass is 409 g/mol. The summed E-state index contributed by atoms with van der Waals surface area (Å²) < 4.78 is 8.37. The van der Waals surface area contributed by atoms with Crippen molar-refractivity contribution in [2.24, 2.45) is 4.99 Å². The molecule has 2 unspecified atom stereocenters. The van der Waals surface area contributed by atoms with Crippen molar-refractivity contribution in [3.05, 3.63) is 47.5 Å². The predicted molar refractivity (Wildman–Crippen MR) is 115 cm³/mol. The van der Waals surface area contributed by atoms with Gasteiger partial charge in [0.15, 0.2) is 11.8 Å². The molecule has 30 heavy (non-hydrogen) atoms. The summed E-state index contributed by atoms with van der Waals surface area (Å²) in [5, 5.41) is 12.1. The molecule has 2 fully saturated rings. The van der Waals surface area contributed by atoms with Gasteiger partial charge >= 0.3 is 0 Å². The number of benzene rings is 1. The highest BCUT2D eigenvalue weighted by Crippen LogP contribution is 2.25. The van der Waals surface area contributed by atoms with E-state index < -0.39 is 0 Å². The fourth-order valence-corrected chi connectivity index (χ4v) is 4.84. The number of aryl methyl sites for hydroxylation is 1. The van der Waals surface area contributed by atoms with Gasteiger partial charge in [-0.2, -0.15) is 0 Å². The standard InChI is InChI=1S/C22H31N7O/c1-2-23-22(24-13-21-26-25-20-9-6-10-29(20)21)28-15-18-19(16-28)30-12-11-27(18)14-17-7-4-3-5-8-17/h3-5,7-8,18-19H,2,6,9-16H2,1H3,(H,23,24). The molecule has 3 aliphatic heterocycles. The van der Waals surface area contributed by atoms with Crippen LogP contribution in [0.3, 0.4) is 0 Å². The number of nitrogens with one attached hydrogen (secondary N) is 1. The molecule has 0 saturated carbocycles. The summed E-state index contributed by atoms with van der Waals surface area (Å²) in [7, 11) is 0. The maximum Gasteiger partial charge on any atom is 0.194 e. The molecule has 5 rings (SSSR count). The SMILES string of the molecule is CCNC(=NCc1nnc2n1CCC2)N1CC2OCCN(Cc3ccccc3)C2C1. The first-order chi connectivity index (χ1) is 14.8. The number of nitrogens with zero attached hydrogens (tertiary/aromatic N) is 6. The van der Waals surface area contributed by atoms with Crippen LogP contribution in [0, 0.1) is 0 Å². The van der Waals surface area contributed by atoms with Crippen molar-refractivity contribution >= 4 is 5.96 Å². The summed E-state index contributed by atoms with van der Waals surface area (Å²) in [6, 6.07) is 11.1. The number of likely N-dealkylation sites (tertiary alicyclic amines) is 1. The number of morpholine rings is 1. The van der Waals surface area contributed by atoms with Gasteiger partial charge in [0.2, 0.25) is 0 Å². The first-order valence-electron chi connectivity index (χ1n) is 11.2. The van der Waals surface area contributed by atoms with Crippen LogP contribution in [0.25, 0.3) is 0 Å². The van der Waals surface area contributed by atoms with Crippen molar-refractivity contribution in [2.45, 2.75) is 51.5 Å². The van der Waals surface area contributed by atoms with Gasteiger partial charge < -0.3 is 19.5 Å². The summed E-state index contributed by atoms with van der Waals surface area (Å²) in [5.41, 5.74) is 1.36. The molecular weight excluding hydrogens is 378 g/mol. The second-order valence-electron chi connectivity index (χ2n) is 8.30. The molecule has 0 radical (unpaired) electrons. The molecule has 1 aromatic heterocycles. The molecule has 1 N–H and O–H groups in total. The average molecular weight is 410 g/mol. The predicted octanol–water partition coefficient (Wildman–Crippen LogP) is 1.28. The van der Waals surface area contributed by atoms with E-state index in [1.165, 1.54) is 5.56 Å². The Hall–Kier alpha value is -2.45. The van der Waals surface area contributed by atoms with Crippen molar-refractivity contribution in [1.29, 1.82) is 0 Å². The van der Waals surface area contributed by atoms with Crippen LogP contribution in [0.15, 0.2) is 35.3 Å². The van der Waals surface area contributed by atoms with Crippen LogP contribution in [-0.2, 0) is 30.8 Å². The third kappa shape index (κ3) is 3.94. The summed E-state index contributed by atoms with van der Waals surface area (Å²) in [5.74, 6) is 3.02. The Balaban J connectivity index is 1.29. The maximum atomic E-state index is 6.15. The summed E-state index contributed by atoms with van der Waals surface area (Å²) in [6.07, 6.45) is 2.41. The number of aromatic nitrogens is 3. The van der Waals surface area contributed by atoms with E-state index in [1.54, 1.807) is 0 Å². The number of hydrogen-bond donors (Lipinski definition) is 1. The highest BCUT2D eigenvalue weighted by atomic mass is 16.5. The lowest BCUT2D eigenvalue weighted by molar-refractivity contribution is -0.0502. The molecule has 0 aliphatic carbocycles. The van der Waals surface area contributed by atoms with E-state index in [1.807, 2.05) is 0 Å². The molecular formula is C22H31N7O. The van der Waals surface area contributed by atoms with Gasteiger partial charge in [0.05, 0.1) is 18.8 Å². The second-order valence-corrected chi connectivity index (χ2v) is 8.30. The van der Waals surface area contributed by atoms with Crippen LogP contribution in [0.1, 0.15) is 30.6 Å². The quantitative estimate of drug-likeness (QED) is 0.593. The number of hydrogen-bond acceptors (Lipinski definition) is 5. The first kappa shape index (κ1) is 19.5. The summed E-state index contributed by atoms with van der Waals surface area (Å²) in [6.45, 7) is 9.09. The van der Waals surface area contributed by atoms with Gasteiger partial charge in [-0.15, -0.1) is 10.2 Å². The van der Waals surface area contributed by atoms with Gasteiger partial charge in [0.1, 0.15) is 12.4 Å². The molecule has 2 saturated heterocycles. The molecule has 0 bridgehead atoms. The van der Waals surface area contributed by atoms with Gasteiger partial charge in [0.25, 0.3) is 0 Å². The Morgan fingerprint density at radius 1 is 1.20 bits per heavy atom. The molecule has 3 aliphatic rings. The van der Waals surface area contributed by atoms with E-state index in [2.05, 4.69) is 67.1 Å². The van der Waals surface area contributed by atoms with Gasteiger partial charge in [-0.3, -0.25) is 4.90 Å². The zero-order valence-electron chi connectivity index (χ0n) is 17.7. The van der Waals surface area contributed by atoms with E-state index in [9.17, 15) is 0 Å². The molecule has 8 nitrogen and oxygen atoms in total. The lowest BCUT2D eigenvalue weighted by Gasteiger charge is -2.36. The fourth-order valence-electron chi connectivity index (χ4n) is 4.84. The highest BCUT2D eigenvalue weighted by Gasteiger charge is 2.41. The minimum absolute atomic E-state index is 0.226. The Morgan fingerprint density at radius 3 is 2.97 bits per heavy atom. The fraction of sp³-hybridized carbons (Fsp3) is 0.591. The number of aliphatic imine (C=N–C) groups is 1. The van der Waals surface area contributed by atoms with Crippen LogP contribution in [0.5, 0.6) is 0 Å². The summed E-state index contributed by atoms with van der Waals surface area (Å²) in [4.78, 5) is 9.83. The van der Waals surface area contributed by atoms with Crippen molar-refractivity contribution < 1.29 is 4.74 Å². The molecule has 4 heterocycles. The van der Waals surface area contributed by atoms with Crippen LogP contribution in [0.2, 0.25) is 0 Å². The number of fused-ring (bicyclic) bond motifs is 2. The highest BCUT2D eigenvalue weighted by molar-refractivity contribution is 5.80. The van der Waals surface area contributed by atoms with E-state index in [0.717, 1.165) is 76.3 Å². The third-order valence-electron chi connectivity index (χ3n) is 6.34. The van der Waals surface area contributed by atoms with Crippen LogP contribution < -0.4 is 5.32 Å². The number of guanidine groups is 1. The molecule has 160 valence electrons. The average Bonchev–Trinajstić information content (AvgIpc) is 3.48. The molecule has 1 aromatic carbocycles. The third-order valence-corrected chi connectivity index (χ3v) is 6.34. The first-order valence-corrected chi connectivity index (χ1v) is 11.2. The van der Waals surface area contributed by atoms with Crippen LogP contribution >= 0.6 is 0 Å². The summed E-state index contributed by atoms with van der Waals surface area (Å²) >= 11 is 0. The molecule has 2 atom stereocenters. The zero-order valence-corrected chi connectivity index (χ0v) is 17.7. The largest absolute Gasteiger partial charge is 0.373 e. The molecule has 8 heteroatoms. The Kier molecular flexibility index (Phi) is 5.68. The van der Waals surface area contributed by atoms with Crippen LogP contribution in [-0.4, -0.2) is 75.5 Å². The van der Waals surface area contributed by atoms with Crippen molar-refractivity contribution in [1.82, 2.24) is 29.9 Å². The lowest BCUT2D eigenvalue weighted by atomic mass is 10.1. The van der Waals surface area contributed by atoms with Crippen LogP contribution in [0.4, 0.5) is 0 Å². The minimum atomic E-state index is 0.226. The lowest BCUT2D eigenvalue weighted by Crippen LogP contribution is -2.50. The van der Waals surface area contributed by atoms with E-state index >= 15 is 0 Å². The maximum absolute atomic E-state index is 6.15. The smallest absolute Gasteiger partial charge is 0.194 e. The topological polar surface area (TPSA) is 70.8 Å². The molecule has 2 aromatic rings. The number of rotatable bonds is 5. The second kappa shape index (κ2) is 8.73.